The second kappa shape index (κ2) is 6.42. The lowest BCUT2D eigenvalue weighted by Crippen LogP contribution is -2.46. The van der Waals surface area contributed by atoms with Gasteiger partial charge in [-0.1, -0.05) is 0 Å². The molecule has 120 valence electrons. The van der Waals surface area contributed by atoms with Crippen molar-refractivity contribution in [2.75, 3.05) is 5.73 Å². The molecule has 0 aliphatic carbocycles. The highest BCUT2D eigenvalue weighted by molar-refractivity contribution is 5.97. The maximum absolute atomic E-state index is 12.0. The molecule has 0 bridgehead atoms. The maximum atomic E-state index is 12.0. The lowest BCUT2D eigenvalue weighted by Gasteiger charge is -2.23. The smallest absolute Gasteiger partial charge is 0.341 e. The highest BCUT2D eigenvalue weighted by atomic mass is 16.6. The summed E-state index contributed by atoms with van der Waals surface area (Å²) in [5.74, 6) is -1.36. The van der Waals surface area contributed by atoms with Crippen LogP contribution in [0.2, 0.25) is 0 Å². The molecule has 0 spiro atoms. The number of rotatable bonds is 4. The van der Waals surface area contributed by atoms with Crippen LogP contribution in [0.4, 0.5) is 11.4 Å². The number of nitro benzene ring substituents is 1. The molecule has 0 aliphatic rings. The molecule has 22 heavy (non-hydrogen) atoms. The number of hydrogen-bond acceptors (Lipinski definition) is 6. The fourth-order valence-electron chi connectivity index (χ4n) is 1.58. The van der Waals surface area contributed by atoms with Crippen molar-refractivity contribution in [2.24, 2.45) is 0 Å². The van der Waals surface area contributed by atoms with Crippen LogP contribution in [-0.2, 0) is 9.53 Å². The Bertz CT molecular complexity index is 607. The number of nitrogens with two attached hydrogens (primary N) is 1. The number of nitrogens with zero attached hydrogens (tertiary/aromatic N) is 1. The second-order valence-corrected chi connectivity index (χ2v) is 5.82. The molecule has 0 unspecified atom stereocenters. The summed E-state index contributed by atoms with van der Waals surface area (Å²) in [6.07, 6.45) is -1.05. The second-order valence-electron chi connectivity index (χ2n) is 5.82. The van der Waals surface area contributed by atoms with Crippen molar-refractivity contribution >= 4 is 23.3 Å². The fourth-order valence-corrected chi connectivity index (χ4v) is 1.58. The van der Waals surface area contributed by atoms with Gasteiger partial charge in [-0.25, -0.2) is 4.79 Å². The lowest BCUT2D eigenvalue weighted by atomic mass is 10.1. The molecular formula is C14H19N3O5. The number of nitro groups is 1. The van der Waals surface area contributed by atoms with Crippen LogP contribution in [0.5, 0.6) is 0 Å². The van der Waals surface area contributed by atoms with Crippen molar-refractivity contribution < 1.29 is 19.2 Å². The van der Waals surface area contributed by atoms with E-state index in [1.807, 2.05) is 0 Å². The zero-order valence-electron chi connectivity index (χ0n) is 12.9. The molecule has 0 radical (unpaired) electrons. The minimum atomic E-state index is -1.05. The SMILES string of the molecule is C[C@@H](OC(=O)c1cc([N+](=O)[O-])ccc1N)C(=O)NC(C)(C)C. The first-order valence-corrected chi connectivity index (χ1v) is 6.58. The van der Waals surface area contributed by atoms with Gasteiger partial charge >= 0.3 is 5.97 Å². The van der Waals surface area contributed by atoms with Crippen molar-refractivity contribution in [1.29, 1.82) is 0 Å². The third-order valence-electron chi connectivity index (χ3n) is 2.62. The Kier molecular flexibility index (Phi) is 5.08. The van der Waals surface area contributed by atoms with Gasteiger partial charge in [0.15, 0.2) is 6.10 Å². The Morgan fingerprint density at radius 2 is 1.95 bits per heavy atom. The van der Waals surface area contributed by atoms with Crippen LogP contribution in [0.1, 0.15) is 38.1 Å². The van der Waals surface area contributed by atoms with E-state index in [0.717, 1.165) is 6.07 Å². The van der Waals surface area contributed by atoms with Crippen molar-refractivity contribution in [3.8, 4) is 0 Å². The van der Waals surface area contributed by atoms with Crippen LogP contribution in [0.15, 0.2) is 18.2 Å². The van der Waals surface area contributed by atoms with Crippen LogP contribution in [-0.4, -0.2) is 28.4 Å². The number of carbonyl (C=O) groups is 2. The van der Waals surface area contributed by atoms with Gasteiger partial charge in [0.05, 0.1) is 10.5 Å². The van der Waals surface area contributed by atoms with E-state index in [4.69, 9.17) is 10.5 Å². The average Bonchev–Trinajstić information content (AvgIpc) is 2.36. The number of amides is 1. The molecule has 3 N–H and O–H groups in total. The zero-order chi connectivity index (χ0) is 17.1. The minimum Gasteiger partial charge on any atom is -0.449 e. The van der Waals surface area contributed by atoms with Gasteiger partial charge in [-0.05, 0) is 33.8 Å². The van der Waals surface area contributed by atoms with Crippen LogP contribution in [0, 0.1) is 10.1 Å². The van der Waals surface area contributed by atoms with Gasteiger partial charge in [0.2, 0.25) is 0 Å². The predicted molar refractivity (Wildman–Crippen MR) is 80.3 cm³/mol. The Labute approximate surface area is 127 Å². The van der Waals surface area contributed by atoms with Crippen molar-refractivity contribution in [1.82, 2.24) is 5.32 Å². The Balaban J connectivity index is 2.87. The molecule has 8 heteroatoms. The van der Waals surface area contributed by atoms with Gasteiger partial charge in [0.1, 0.15) is 0 Å². The topological polar surface area (TPSA) is 125 Å². The third-order valence-corrected chi connectivity index (χ3v) is 2.62. The molecule has 0 aromatic heterocycles. The summed E-state index contributed by atoms with van der Waals surface area (Å²) < 4.78 is 5.01. The Morgan fingerprint density at radius 1 is 1.36 bits per heavy atom. The van der Waals surface area contributed by atoms with E-state index in [9.17, 15) is 19.7 Å². The van der Waals surface area contributed by atoms with Crippen molar-refractivity contribution in [2.45, 2.75) is 39.3 Å². The highest BCUT2D eigenvalue weighted by Gasteiger charge is 2.24. The Hall–Kier alpha value is -2.64. The molecule has 0 heterocycles. The number of nitrogen functional groups attached to an aromatic ring is 1. The van der Waals surface area contributed by atoms with Crippen LogP contribution in [0.3, 0.4) is 0 Å². The number of benzene rings is 1. The molecule has 1 atom stereocenters. The number of hydrogen-bond donors (Lipinski definition) is 2. The molecule has 1 rings (SSSR count). The van der Waals surface area contributed by atoms with E-state index in [1.54, 1.807) is 20.8 Å². The van der Waals surface area contributed by atoms with E-state index in [0.29, 0.717) is 0 Å². The van der Waals surface area contributed by atoms with E-state index in [1.165, 1.54) is 19.1 Å². The molecule has 0 saturated carbocycles. The van der Waals surface area contributed by atoms with Gasteiger partial charge in [-0.15, -0.1) is 0 Å². The molecule has 1 aromatic rings. The quantitative estimate of drug-likeness (QED) is 0.377. The summed E-state index contributed by atoms with van der Waals surface area (Å²) >= 11 is 0. The van der Waals surface area contributed by atoms with Gasteiger partial charge in [-0.3, -0.25) is 14.9 Å². The fraction of sp³-hybridized carbons (Fsp3) is 0.429. The first kappa shape index (κ1) is 17.4. The van der Waals surface area contributed by atoms with Gasteiger partial charge < -0.3 is 15.8 Å². The standard InChI is InChI=1S/C14H19N3O5/c1-8(12(18)16-14(2,3)4)22-13(19)10-7-9(17(20)21)5-6-11(10)15/h5-8H,15H2,1-4H3,(H,16,18)/t8-/m1/s1. The summed E-state index contributed by atoms with van der Waals surface area (Å²) in [4.78, 5) is 33.9. The van der Waals surface area contributed by atoms with Gasteiger partial charge in [-0.2, -0.15) is 0 Å². The number of nitrogens with one attached hydrogen (secondary N) is 1. The number of carbonyl (C=O) groups excluding carboxylic acids is 2. The zero-order valence-corrected chi connectivity index (χ0v) is 12.9. The van der Waals surface area contributed by atoms with Crippen LogP contribution < -0.4 is 11.1 Å². The Morgan fingerprint density at radius 3 is 2.45 bits per heavy atom. The first-order valence-electron chi connectivity index (χ1n) is 6.58. The molecule has 0 aliphatic heterocycles. The number of esters is 1. The molecule has 0 saturated heterocycles. The molecule has 1 aromatic carbocycles. The molecule has 0 fully saturated rings. The monoisotopic (exact) mass is 309 g/mol. The summed E-state index contributed by atoms with van der Waals surface area (Å²) in [6.45, 7) is 6.78. The summed E-state index contributed by atoms with van der Waals surface area (Å²) in [5.41, 5.74) is 4.76. The lowest BCUT2D eigenvalue weighted by molar-refractivity contribution is -0.384. The maximum Gasteiger partial charge on any atom is 0.341 e. The van der Waals surface area contributed by atoms with Crippen LogP contribution >= 0.6 is 0 Å². The first-order chi connectivity index (χ1) is 10.0. The normalized spacial score (nSPS) is 12.4. The third kappa shape index (κ3) is 4.72. The largest absolute Gasteiger partial charge is 0.449 e. The van der Waals surface area contributed by atoms with Crippen molar-refractivity contribution in [3.63, 3.8) is 0 Å². The number of anilines is 1. The van der Waals surface area contributed by atoms with E-state index < -0.39 is 28.4 Å². The van der Waals surface area contributed by atoms with Crippen molar-refractivity contribution in [3.05, 3.63) is 33.9 Å². The molecule has 8 nitrogen and oxygen atoms in total. The highest BCUT2D eigenvalue weighted by Crippen LogP contribution is 2.21. The van der Waals surface area contributed by atoms with Gasteiger partial charge in [0, 0.05) is 23.4 Å². The van der Waals surface area contributed by atoms with Crippen LogP contribution in [0.25, 0.3) is 0 Å². The summed E-state index contributed by atoms with van der Waals surface area (Å²) in [6, 6.07) is 3.45. The number of ether oxygens (including phenoxy) is 1. The van der Waals surface area contributed by atoms with E-state index in [2.05, 4.69) is 5.32 Å². The predicted octanol–water partition coefficient (Wildman–Crippen LogP) is 1.64. The summed E-state index contributed by atoms with van der Waals surface area (Å²) in [5, 5.41) is 13.4. The summed E-state index contributed by atoms with van der Waals surface area (Å²) in [7, 11) is 0. The number of non-ortho nitro benzene ring substituents is 1. The molecule has 1 amide bonds. The minimum absolute atomic E-state index is 0.0408. The molecular weight excluding hydrogens is 290 g/mol. The van der Waals surface area contributed by atoms with E-state index >= 15 is 0 Å². The van der Waals surface area contributed by atoms with E-state index in [-0.39, 0.29) is 16.9 Å². The van der Waals surface area contributed by atoms with Gasteiger partial charge in [0.25, 0.3) is 11.6 Å². The average molecular weight is 309 g/mol.